The lowest BCUT2D eigenvalue weighted by Gasteiger charge is -2.12. The SMILES string of the molecule is CCOC(=O)c1c(NC(=O)[C@@H](C)Sc2nc3c(cnn3-c3ccc(C)c(C)c3)c(=O)[nH]2)sc2c1CCC2. The van der Waals surface area contributed by atoms with Crippen molar-refractivity contribution in [1.29, 1.82) is 0 Å². The van der Waals surface area contributed by atoms with Crippen molar-refractivity contribution in [3.63, 3.8) is 0 Å². The van der Waals surface area contributed by atoms with E-state index in [2.05, 4.69) is 20.4 Å². The number of hydrogen-bond acceptors (Lipinski definition) is 8. The van der Waals surface area contributed by atoms with Crippen molar-refractivity contribution in [3.05, 3.63) is 61.9 Å². The lowest BCUT2D eigenvalue weighted by molar-refractivity contribution is -0.115. The second-order valence-corrected chi connectivity index (χ2v) is 11.4. The number of benzene rings is 1. The Morgan fingerprint density at radius 2 is 2.08 bits per heavy atom. The summed E-state index contributed by atoms with van der Waals surface area (Å²) in [7, 11) is 0. The number of aromatic nitrogens is 4. The van der Waals surface area contributed by atoms with Gasteiger partial charge in [0.1, 0.15) is 10.4 Å². The molecule has 0 fully saturated rings. The summed E-state index contributed by atoms with van der Waals surface area (Å²) in [5, 5.41) is 7.90. The van der Waals surface area contributed by atoms with Crippen molar-refractivity contribution in [2.45, 2.75) is 57.4 Å². The monoisotopic (exact) mass is 537 g/mol. The first-order chi connectivity index (χ1) is 17.8. The first-order valence-electron chi connectivity index (χ1n) is 12.1. The van der Waals surface area contributed by atoms with Gasteiger partial charge in [0.15, 0.2) is 10.8 Å². The van der Waals surface area contributed by atoms with Gasteiger partial charge in [-0.1, -0.05) is 17.8 Å². The highest BCUT2D eigenvalue weighted by Crippen LogP contribution is 2.40. The number of hydrogen-bond donors (Lipinski definition) is 2. The molecule has 0 unspecified atom stereocenters. The Bertz CT molecular complexity index is 1590. The zero-order valence-corrected chi connectivity index (χ0v) is 22.6. The molecule has 0 radical (unpaired) electrons. The van der Waals surface area contributed by atoms with Crippen molar-refractivity contribution in [2.24, 2.45) is 0 Å². The number of aryl methyl sites for hydroxylation is 3. The van der Waals surface area contributed by atoms with Crippen molar-refractivity contribution in [3.8, 4) is 5.69 Å². The molecule has 5 rings (SSSR count). The second kappa shape index (κ2) is 10.1. The first kappa shape index (κ1) is 25.2. The van der Waals surface area contributed by atoms with E-state index in [9.17, 15) is 14.4 Å². The van der Waals surface area contributed by atoms with Gasteiger partial charge in [-0.15, -0.1) is 11.3 Å². The molecule has 1 aliphatic rings. The Hall–Kier alpha value is -3.44. The number of carbonyl (C=O) groups excluding carboxylic acids is 2. The highest BCUT2D eigenvalue weighted by atomic mass is 32.2. The first-order valence-corrected chi connectivity index (χ1v) is 13.8. The van der Waals surface area contributed by atoms with Gasteiger partial charge < -0.3 is 15.0 Å². The molecule has 0 saturated carbocycles. The molecular weight excluding hydrogens is 510 g/mol. The van der Waals surface area contributed by atoms with Crippen LogP contribution < -0.4 is 10.9 Å². The normalized spacial score (nSPS) is 13.5. The van der Waals surface area contributed by atoms with Gasteiger partial charge in [0.2, 0.25) is 5.91 Å². The minimum Gasteiger partial charge on any atom is -0.462 e. The fourth-order valence-electron chi connectivity index (χ4n) is 4.35. The van der Waals surface area contributed by atoms with E-state index in [0.717, 1.165) is 58.3 Å². The summed E-state index contributed by atoms with van der Waals surface area (Å²) in [6.07, 6.45) is 4.19. The third kappa shape index (κ3) is 4.80. The topological polar surface area (TPSA) is 119 Å². The molecule has 0 aliphatic heterocycles. The molecule has 2 N–H and O–H groups in total. The molecule has 3 aromatic heterocycles. The quantitative estimate of drug-likeness (QED) is 0.201. The van der Waals surface area contributed by atoms with Crippen LogP contribution in [0.3, 0.4) is 0 Å². The Balaban J connectivity index is 1.39. The van der Waals surface area contributed by atoms with Crippen LogP contribution in [-0.2, 0) is 22.4 Å². The van der Waals surface area contributed by atoms with Crippen LogP contribution in [0.5, 0.6) is 0 Å². The van der Waals surface area contributed by atoms with Crippen LogP contribution in [-0.4, -0.2) is 43.5 Å². The van der Waals surface area contributed by atoms with E-state index in [1.165, 1.54) is 17.5 Å². The van der Waals surface area contributed by atoms with Crippen LogP contribution in [0.4, 0.5) is 5.00 Å². The van der Waals surface area contributed by atoms with E-state index in [4.69, 9.17) is 4.74 Å². The minimum absolute atomic E-state index is 0.267. The maximum atomic E-state index is 13.1. The van der Waals surface area contributed by atoms with Gasteiger partial charge in [0.25, 0.3) is 5.56 Å². The molecule has 0 bridgehead atoms. The van der Waals surface area contributed by atoms with Crippen molar-refractivity contribution in [1.82, 2.24) is 19.7 Å². The van der Waals surface area contributed by atoms with Gasteiger partial charge in [0, 0.05) is 4.88 Å². The average Bonchev–Trinajstić information content (AvgIpc) is 3.55. The molecule has 192 valence electrons. The number of esters is 1. The summed E-state index contributed by atoms with van der Waals surface area (Å²) in [5.41, 5.74) is 4.60. The van der Waals surface area contributed by atoms with Crippen LogP contribution in [0, 0.1) is 13.8 Å². The van der Waals surface area contributed by atoms with Crippen LogP contribution in [0.25, 0.3) is 16.7 Å². The van der Waals surface area contributed by atoms with Crippen LogP contribution >= 0.6 is 23.1 Å². The van der Waals surface area contributed by atoms with Crippen molar-refractivity contribution in [2.75, 3.05) is 11.9 Å². The molecule has 37 heavy (non-hydrogen) atoms. The largest absolute Gasteiger partial charge is 0.462 e. The summed E-state index contributed by atoms with van der Waals surface area (Å²) in [4.78, 5) is 47.0. The minimum atomic E-state index is -0.592. The van der Waals surface area contributed by atoms with Gasteiger partial charge in [-0.25, -0.2) is 14.5 Å². The number of fused-ring (bicyclic) bond motifs is 2. The number of aromatic amines is 1. The summed E-state index contributed by atoms with van der Waals surface area (Å²) < 4.78 is 6.88. The zero-order valence-electron chi connectivity index (χ0n) is 21.0. The Kier molecular flexibility index (Phi) is 6.91. The number of nitrogens with one attached hydrogen (secondary N) is 2. The number of carbonyl (C=O) groups is 2. The smallest absolute Gasteiger partial charge is 0.341 e. The van der Waals surface area contributed by atoms with Gasteiger partial charge in [0.05, 0.1) is 29.3 Å². The van der Waals surface area contributed by atoms with Gasteiger partial charge in [-0.2, -0.15) is 5.10 Å². The molecule has 3 heterocycles. The Morgan fingerprint density at radius 1 is 1.27 bits per heavy atom. The standard InChI is InChI=1S/C26H27N5O4S2/c1-5-35-25(34)20-17-7-6-8-19(17)37-24(20)29-22(32)15(4)36-26-28-21-18(23(33)30-26)12-27-31(21)16-10-9-13(2)14(3)11-16/h9-12,15H,5-8H2,1-4H3,(H,29,32)(H,28,30,33)/t15-/m1/s1. The number of anilines is 1. The number of nitrogens with zero attached hydrogens (tertiary/aromatic N) is 3. The van der Waals surface area contributed by atoms with E-state index in [-0.39, 0.29) is 18.1 Å². The number of ether oxygens (including phenoxy) is 1. The lowest BCUT2D eigenvalue weighted by atomic mass is 10.1. The summed E-state index contributed by atoms with van der Waals surface area (Å²) in [6, 6.07) is 5.92. The molecule has 4 aromatic rings. The number of thiophene rings is 1. The number of rotatable bonds is 7. The maximum absolute atomic E-state index is 13.1. The number of thioether (sulfide) groups is 1. The molecule has 1 aromatic carbocycles. The van der Waals surface area contributed by atoms with E-state index in [1.807, 2.05) is 32.0 Å². The third-order valence-corrected chi connectivity index (χ3v) is 8.64. The van der Waals surface area contributed by atoms with E-state index < -0.39 is 11.2 Å². The molecule has 0 spiro atoms. The number of amides is 1. The molecule has 11 heteroatoms. The van der Waals surface area contributed by atoms with Gasteiger partial charge >= 0.3 is 5.97 Å². The van der Waals surface area contributed by atoms with Gasteiger partial charge in [-0.3, -0.25) is 9.59 Å². The molecular formula is C26H27N5O4S2. The summed E-state index contributed by atoms with van der Waals surface area (Å²) in [6.45, 7) is 7.81. The summed E-state index contributed by atoms with van der Waals surface area (Å²) in [5.74, 6) is -0.700. The third-order valence-electron chi connectivity index (χ3n) is 6.45. The lowest BCUT2D eigenvalue weighted by Crippen LogP contribution is -2.24. The highest BCUT2D eigenvalue weighted by molar-refractivity contribution is 8.00. The molecule has 0 saturated heterocycles. The van der Waals surface area contributed by atoms with Gasteiger partial charge in [-0.05, 0) is 75.8 Å². The Labute approximate surface area is 221 Å². The van der Waals surface area contributed by atoms with Crippen LogP contribution in [0.15, 0.2) is 34.3 Å². The fourth-order valence-corrected chi connectivity index (χ4v) is 6.42. The van der Waals surface area contributed by atoms with E-state index >= 15 is 0 Å². The average molecular weight is 538 g/mol. The second-order valence-electron chi connectivity index (χ2n) is 8.96. The van der Waals surface area contributed by atoms with Crippen molar-refractivity contribution < 1.29 is 14.3 Å². The molecule has 1 atom stereocenters. The molecule has 1 aliphatic carbocycles. The molecule has 1 amide bonds. The maximum Gasteiger partial charge on any atom is 0.341 e. The van der Waals surface area contributed by atoms with Crippen LogP contribution in [0.2, 0.25) is 0 Å². The van der Waals surface area contributed by atoms with Crippen LogP contribution in [0.1, 0.15) is 52.2 Å². The highest BCUT2D eigenvalue weighted by Gasteiger charge is 2.29. The van der Waals surface area contributed by atoms with E-state index in [1.54, 1.807) is 18.5 Å². The Morgan fingerprint density at radius 3 is 2.84 bits per heavy atom. The summed E-state index contributed by atoms with van der Waals surface area (Å²) >= 11 is 2.57. The predicted molar refractivity (Wildman–Crippen MR) is 145 cm³/mol. The molecule has 9 nitrogen and oxygen atoms in total. The van der Waals surface area contributed by atoms with E-state index in [0.29, 0.717) is 26.8 Å². The zero-order chi connectivity index (χ0) is 26.3. The number of H-pyrrole nitrogens is 1. The predicted octanol–water partition coefficient (Wildman–Crippen LogP) is 4.57. The van der Waals surface area contributed by atoms with Crippen molar-refractivity contribution >= 4 is 51.0 Å². The fraction of sp³-hybridized carbons (Fsp3) is 0.346.